The molecule has 0 aromatic rings. The maximum atomic E-state index is 12.5. The molecule has 1 N–H and O–H groups in total. The van der Waals surface area contributed by atoms with Gasteiger partial charge in [-0.15, -0.1) is 0 Å². The highest BCUT2D eigenvalue weighted by Gasteiger charge is 2.56. The molecule has 0 spiro atoms. The summed E-state index contributed by atoms with van der Waals surface area (Å²) in [4.78, 5) is 26.8. The van der Waals surface area contributed by atoms with Crippen molar-refractivity contribution in [2.75, 3.05) is 6.54 Å². The Morgan fingerprint density at radius 1 is 1.25 bits per heavy atom. The van der Waals surface area contributed by atoms with Crippen molar-refractivity contribution in [3.8, 4) is 0 Å². The van der Waals surface area contributed by atoms with E-state index in [0.717, 1.165) is 25.7 Å². The van der Waals surface area contributed by atoms with E-state index in [1.807, 2.05) is 6.92 Å². The zero-order valence-electron chi connectivity index (χ0n) is 12.5. The van der Waals surface area contributed by atoms with Gasteiger partial charge in [0.05, 0.1) is 12.2 Å². The Labute approximate surface area is 120 Å². The zero-order chi connectivity index (χ0) is 14.5. The largest absolute Gasteiger partial charge is 0.373 e. The topological polar surface area (TPSA) is 58.6 Å². The molecule has 4 unspecified atom stereocenters. The molecule has 3 fully saturated rings. The van der Waals surface area contributed by atoms with E-state index in [-0.39, 0.29) is 24.0 Å². The summed E-state index contributed by atoms with van der Waals surface area (Å²) in [6.45, 7) is 6.29. The van der Waals surface area contributed by atoms with E-state index < -0.39 is 11.6 Å². The van der Waals surface area contributed by atoms with Gasteiger partial charge in [0.25, 0.3) is 0 Å². The zero-order valence-corrected chi connectivity index (χ0v) is 12.5. The number of ether oxygens (including phenoxy) is 1. The highest BCUT2D eigenvalue weighted by Crippen LogP contribution is 2.45. The first-order chi connectivity index (χ1) is 9.42. The molecule has 0 aromatic heterocycles. The molecule has 2 aliphatic heterocycles. The molecule has 5 heteroatoms. The average Bonchev–Trinajstić information content (AvgIpc) is 3.17. The summed E-state index contributed by atoms with van der Waals surface area (Å²) in [7, 11) is 0. The smallest absolute Gasteiger partial charge is 0.246 e. The quantitative estimate of drug-likeness (QED) is 0.841. The number of rotatable bonds is 3. The number of carbonyl (C=O) groups excluding carboxylic acids is 2. The van der Waals surface area contributed by atoms with Gasteiger partial charge in [-0.1, -0.05) is 0 Å². The van der Waals surface area contributed by atoms with Crippen molar-refractivity contribution in [1.82, 2.24) is 10.2 Å². The Bertz CT molecular complexity index is 435. The molecule has 5 nitrogen and oxygen atoms in total. The fourth-order valence-electron chi connectivity index (χ4n) is 3.54. The van der Waals surface area contributed by atoms with E-state index in [1.54, 1.807) is 11.8 Å². The minimum atomic E-state index is -0.682. The van der Waals surface area contributed by atoms with Gasteiger partial charge < -0.3 is 15.0 Å². The van der Waals surface area contributed by atoms with Gasteiger partial charge in [-0.3, -0.25) is 9.59 Å². The van der Waals surface area contributed by atoms with E-state index in [1.165, 1.54) is 0 Å². The highest BCUT2D eigenvalue weighted by molar-refractivity contribution is 5.99. The third kappa shape index (κ3) is 2.12. The first kappa shape index (κ1) is 13.9. The van der Waals surface area contributed by atoms with Gasteiger partial charge in [0.1, 0.15) is 11.6 Å². The fourth-order valence-corrected chi connectivity index (χ4v) is 3.54. The molecule has 3 aliphatic rings. The Balaban J connectivity index is 1.82. The van der Waals surface area contributed by atoms with Crippen molar-refractivity contribution in [2.24, 2.45) is 5.92 Å². The molecule has 20 heavy (non-hydrogen) atoms. The van der Waals surface area contributed by atoms with Crippen molar-refractivity contribution < 1.29 is 14.3 Å². The molecule has 1 aliphatic carbocycles. The van der Waals surface area contributed by atoms with Crippen LogP contribution < -0.4 is 5.32 Å². The second kappa shape index (κ2) is 4.72. The van der Waals surface area contributed by atoms with Crippen LogP contribution in [0.25, 0.3) is 0 Å². The van der Waals surface area contributed by atoms with Crippen LogP contribution in [0.5, 0.6) is 0 Å². The molecule has 2 heterocycles. The van der Waals surface area contributed by atoms with Crippen LogP contribution in [-0.2, 0) is 14.3 Å². The number of hydrogen-bond acceptors (Lipinski definition) is 3. The summed E-state index contributed by atoms with van der Waals surface area (Å²) in [5.74, 6) is 0.332. The maximum absolute atomic E-state index is 12.5. The van der Waals surface area contributed by atoms with Crippen LogP contribution in [0.15, 0.2) is 0 Å². The van der Waals surface area contributed by atoms with Crippen LogP contribution in [0, 0.1) is 5.92 Å². The molecule has 0 bridgehead atoms. The fraction of sp³-hybridized carbons (Fsp3) is 0.867. The van der Waals surface area contributed by atoms with Crippen molar-refractivity contribution in [3.63, 3.8) is 0 Å². The summed E-state index contributed by atoms with van der Waals surface area (Å²) in [5.41, 5.74) is -0.682. The maximum Gasteiger partial charge on any atom is 0.246 e. The Morgan fingerprint density at radius 2 is 1.95 bits per heavy atom. The first-order valence-electron chi connectivity index (χ1n) is 7.71. The number of amides is 2. The summed E-state index contributed by atoms with van der Waals surface area (Å²) in [5, 5.41) is 2.83. The number of piperazine rings is 1. The van der Waals surface area contributed by atoms with E-state index in [9.17, 15) is 9.59 Å². The Morgan fingerprint density at radius 3 is 2.50 bits per heavy atom. The van der Waals surface area contributed by atoms with Gasteiger partial charge >= 0.3 is 0 Å². The summed E-state index contributed by atoms with van der Waals surface area (Å²) < 4.78 is 5.85. The SMILES string of the molecule is CC1CCC(CN2C(=O)C(C)NC(=O)C2(C)C2CC2)O1. The molecular formula is C15H24N2O3. The third-order valence-electron chi connectivity index (χ3n) is 5.08. The lowest BCUT2D eigenvalue weighted by molar-refractivity contribution is -0.160. The van der Waals surface area contributed by atoms with Crippen LogP contribution in [0.1, 0.15) is 46.5 Å². The monoisotopic (exact) mass is 280 g/mol. The number of carbonyl (C=O) groups is 2. The van der Waals surface area contributed by atoms with E-state index in [0.29, 0.717) is 12.5 Å². The van der Waals surface area contributed by atoms with Gasteiger partial charge in [0, 0.05) is 6.54 Å². The molecule has 4 atom stereocenters. The van der Waals surface area contributed by atoms with Crippen LogP contribution in [-0.4, -0.2) is 47.0 Å². The second-order valence-electron chi connectivity index (χ2n) is 6.71. The number of nitrogens with one attached hydrogen (secondary N) is 1. The predicted molar refractivity (Wildman–Crippen MR) is 74.0 cm³/mol. The van der Waals surface area contributed by atoms with Gasteiger partial charge in [-0.25, -0.2) is 0 Å². The summed E-state index contributed by atoms with van der Waals surface area (Å²) in [6.07, 6.45) is 4.41. The molecule has 3 rings (SSSR count). The molecule has 2 saturated heterocycles. The van der Waals surface area contributed by atoms with Crippen molar-refractivity contribution in [3.05, 3.63) is 0 Å². The third-order valence-corrected chi connectivity index (χ3v) is 5.08. The van der Waals surface area contributed by atoms with Crippen molar-refractivity contribution >= 4 is 11.8 Å². The van der Waals surface area contributed by atoms with Crippen LogP contribution >= 0.6 is 0 Å². The number of hydrogen-bond donors (Lipinski definition) is 1. The normalized spacial score (nSPS) is 42.0. The molecule has 2 amide bonds. The van der Waals surface area contributed by atoms with Gasteiger partial charge in [0.2, 0.25) is 11.8 Å². The highest BCUT2D eigenvalue weighted by atomic mass is 16.5. The number of nitrogens with zero attached hydrogens (tertiary/aromatic N) is 1. The lowest BCUT2D eigenvalue weighted by Gasteiger charge is -2.46. The van der Waals surface area contributed by atoms with Gasteiger partial charge in [-0.2, -0.15) is 0 Å². The summed E-state index contributed by atoms with van der Waals surface area (Å²) >= 11 is 0. The van der Waals surface area contributed by atoms with Crippen LogP contribution in [0.3, 0.4) is 0 Å². The Kier molecular flexibility index (Phi) is 3.27. The molecule has 112 valence electrons. The minimum absolute atomic E-state index is 0.00172. The average molecular weight is 280 g/mol. The van der Waals surface area contributed by atoms with Crippen LogP contribution in [0.4, 0.5) is 0 Å². The van der Waals surface area contributed by atoms with Gasteiger partial charge in [-0.05, 0) is 52.4 Å². The lowest BCUT2D eigenvalue weighted by Crippen LogP contribution is -2.70. The van der Waals surface area contributed by atoms with Crippen LogP contribution in [0.2, 0.25) is 0 Å². The van der Waals surface area contributed by atoms with E-state index in [4.69, 9.17) is 4.74 Å². The molecular weight excluding hydrogens is 256 g/mol. The first-order valence-corrected chi connectivity index (χ1v) is 7.71. The summed E-state index contributed by atoms with van der Waals surface area (Å²) in [6, 6.07) is -0.423. The van der Waals surface area contributed by atoms with Crippen molar-refractivity contribution in [1.29, 1.82) is 0 Å². The standard InChI is InChI=1S/C15H24N2O3/c1-9-4-7-12(20-9)8-17-13(18)10(2)16-14(19)15(17,3)11-5-6-11/h9-12H,4-8H2,1-3H3,(H,16,19). The molecule has 0 aromatic carbocycles. The van der Waals surface area contributed by atoms with Crippen molar-refractivity contribution in [2.45, 2.75) is 70.2 Å². The van der Waals surface area contributed by atoms with E-state index in [2.05, 4.69) is 12.2 Å². The van der Waals surface area contributed by atoms with Gasteiger partial charge in [0.15, 0.2) is 0 Å². The molecule has 1 saturated carbocycles. The van der Waals surface area contributed by atoms with E-state index >= 15 is 0 Å². The molecule has 0 radical (unpaired) electrons. The Hall–Kier alpha value is -1.10. The lowest BCUT2D eigenvalue weighted by atomic mass is 9.88. The minimum Gasteiger partial charge on any atom is -0.373 e. The predicted octanol–water partition coefficient (Wildman–Crippen LogP) is 1.07. The second-order valence-corrected chi connectivity index (χ2v) is 6.71.